The second-order valence-corrected chi connectivity index (χ2v) is 50.4. The van der Waals surface area contributed by atoms with Gasteiger partial charge in [-0.2, -0.15) is 0 Å². The van der Waals surface area contributed by atoms with Gasteiger partial charge in [-0.05, 0) is 219 Å². The Balaban J connectivity index is 0.000000170. The zero-order valence-corrected chi connectivity index (χ0v) is 93.6. The largest absolute Gasteiger partial charge is 0.349 e. The molecule has 0 aromatic carbocycles. The van der Waals surface area contributed by atoms with Gasteiger partial charge >= 0.3 is 0 Å². The number of piperidine rings is 5. The Morgan fingerprint density at radius 2 is 0.671 bits per heavy atom. The van der Waals surface area contributed by atoms with Gasteiger partial charge in [-0.15, -0.1) is 0 Å². The second kappa shape index (κ2) is 52.9. The third kappa shape index (κ3) is 31.7. The number of ether oxygens (including phenoxy) is 8. The summed E-state index contributed by atoms with van der Waals surface area (Å²) < 4.78 is 51.4. The lowest BCUT2D eigenvalue weighted by atomic mass is 9.88. The van der Waals surface area contributed by atoms with Crippen molar-refractivity contribution in [3.63, 3.8) is 0 Å². The summed E-state index contributed by atoms with van der Waals surface area (Å²) in [5, 5.41) is 13.5. The van der Waals surface area contributed by atoms with Crippen LogP contribution in [0.2, 0.25) is 0 Å². The van der Waals surface area contributed by atoms with E-state index in [4.69, 9.17) is 37.9 Å². The highest BCUT2D eigenvalue weighted by Crippen LogP contribution is 2.47. The van der Waals surface area contributed by atoms with Crippen LogP contribution in [-0.2, 0) is 76.3 Å². The number of carbonyl (C=O) groups excluding carboxylic acids is 8. The van der Waals surface area contributed by atoms with E-state index >= 15 is 0 Å². The molecular formula is C111H200N16O16. The van der Waals surface area contributed by atoms with Crippen LogP contribution in [0.1, 0.15) is 293 Å². The number of nitrogens with zero attached hydrogens (tertiary/aromatic N) is 12. The molecule has 8 amide bonds. The van der Waals surface area contributed by atoms with Gasteiger partial charge in [-0.25, -0.2) is 0 Å². The molecule has 0 radical (unpaired) electrons. The van der Waals surface area contributed by atoms with E-state index in [9.17, 15) is 38.4 Å². The van der Waals surface area contributed by atoms with Gasteiger partial charge in [-0.1, -0.05) is 124 Å². The summed E-state index contributed by atoms with van der Waals surface area (Å²) in [4.78, 5) is 134. The number of nitrogens with one attached hydrogen (secondary N) is 4. The quantitative estimate of drug-likeness (QED) is 0.0501. The van der Waals surface area contributed by atoms with Gasteiger partial charge in [0, 0.05) is 198 Å². The van der Waals surface area contributed by atoms with Gasteiger partial charge in [0.25, 0.3) is 0 Å². The number of carbonyl (C=O) groups is 8. The fraction of sp³-hybridized carbons (Fsp3) is 0.928. The summed E-state index contributed by atoms with van der Waals surface area (Å²) in [7, 11) is 8.43. The summed E-state index contributed by atoms with van der Waals surface area (Å²) in [5.74, 6) is 2.24. The smallest absolute Gasteiger partial charge is 0.245 e. The average molecular weight is 2010 g/mol. The SMILES string of the molecule is CC(C)C[C@@H]1NCCN([C@@H](CC(C)C)C(=O)N2CCC3(CC2)OCC(CN2CCCC2)CO3)C1=O.CC(C)C[C@@H]1NCCN([C@@H](CC(C)C)C(=O)N2CCC3(C[C@@H]2C)OC2CCC(N(C)C)CC2O3)C1=O.CC(C)C[C@@H]1NCCN([C@@H](CC(C)C)C(=O)N2CCC3(C[C@@H]2C)OCC(C)(CN(C)C)CO3)C1=O.CC(C)C[C@@H]1NCCN([C@@H](CC(C)C)C(=O)N2CCC3(C[C@@H]2C)OCC(CN2CCCCC2)CO3)C1=O. The average Bonchev–Trinajstić information content (AvgIpc) is 1.34. The van der Waals surface area contributed by atoms with Crippen molar-refractivity contribution >= 4 is 47.3 Å². The van der Waals surface area contributed by atoms with Crippen LogP contribution in [-0.4, -0.2) is 413 Å². The lowest BCUT2D eigenvalue weighted by Gasteiger charge is -2.51. The zero-order valence-electron chi connectivity index (χ0n) is 93.6. The molecule has 0 aromatic heterocycles. The molecule has 32 heteroatoms. The first-order valence-electron chi connectivity index (χ1n) is 57.1. The van der Waals surface area contributed by atoms with Crippen LogP contribution in [0, 0.1) is 64.6 Å². The van der Waals surface area contributed by atoms with Crippen molar-refractivity contribution in [2.45, 2.75) is 400 Å². The van der Waals surface area contributed by atoms with Crippen LogP contribution in [0.4, 0.5) is 0 Å². The Morgan fingerprint density at radius 3 is 1.00 bits per heavy atom. The number of piperazine rings is 4. The van der Waals surface area contributed by atoms with E-state index in [1.54, 1.807) is 0 Å². The highest BCUT2D eigenvalue weighted by atomic mass is 16.8. The molecule has 15 rings (SSSR count). The van der Waals surface area contributed by atoms with E-state index < -0.39 is 41.3 Å². The molecule has 32 nitrogen and oxygen atoms in total. The minimum Gasteiger partial charge on any atom is -0.349 e. The van der Waals surface area contributed by atoms with Gasteiger partial charge in [0.1, 0.15) is 24.2 Å². The number of hydrogen-bond acceptors (Lipinski definition) is 24. The molecule has 4 spiro atoms. The highest BCUT2D eigenvalue weighted by Gasteiger charge is 2.57. The molecule has 14 heterocycles. The predicted octanol–water partition coefficient (Wildman–Crippen LogP) is 10.9. The van der Waals surface area contributed by atoms with E-state index in [0.717, 1.165) is 117 Å². The van der Waals surface area contributed by atoms with Crippen molar-refractivity contribution in [3.05, 3.63) is 0 Å². The Labute approximate surface area is 862 Å². The molecule has 15 aliphatic rings. The summed E-state index contributed by atoms with van der Waals surface area (Å²) in [6, 6.07) is -1.82. The van der Waals surface area contributed by atoms with E-state index in [2.05, 4.69) is 208 Å². The Bertz CT molecular complexity index is 3980. The molecule has 14 aliphatic heterocycles. The van der Waals surface area contributed by atoms with Crippen molar-refractivity contribution in [2.75, 3.05) is 199 Å². The molecule has 4 unspecified atom stereocenters. The third-order valence-corrected chi connectivity index (χ3v) is 33.1. The topological polar surface area (TPSA) is 297 Å². The molecule has 15 atom stereocenters. The summed E-state index contributed by atoms with van der Waals surface area (Å²) in [6.45, 7) is 63.2. The molecule has 0 aromatic rings. The molecule has 1 saturated carbocycles. The maximum absolute atomic E-state index is 14.0. The number of rotatable bonds is 31. The van der Waals surface area contributed by atoms with Gasteiger partial charge in [-0.3, -0.25) is 38.4 Å². The van der Waals surface area contributed by atoms with Crippen LogP contribution >= 0.6 is 0 Å². The van der Waals surface area contributed by atoms with Gasteiger partial charge in [0.2, 0.25) is 47.3 Å². The molecule has 1 aliphatic carbocycles. The highest BCUT2D eigenvalue weighted by molar-refractivity contribution is 5.93. The Morgan fingerprint density at radius 1 is 0.364 bits per heavy atom. The zero-order chi connectivity index (χ0) is 104. The van der Waals surface area contributed by atoms with Crippen molar-refractivity contribution in [1.29, 1.82) is 0 Å². The van der Waals surface area contributed by atoms with E-state index in [0.29, 0.717) is 214 Å². The van der Waals surface area contributed by atoms with Crippen LogP contribution in [0.15, 0.2) is 0 Å². The van der Waals surface area contributed by atoms with Crippen LogP contribution in [0.5, 0.6) is 0 Å². The maximum Gasteiger partial charge on any atom is 0.245 e. The first-order valence-corrected chi connectivity index (χ1v) is 57.1. The van der Waals surface area contributed by atoms with Crippen LogP contribution in [0.3, 0.4) is 0 Å². The minimum absolute atomic E-state index is 0.00593. The van der Waals surface area contributed by atoms with E-state index in [-0.39, 0.29) is 113 Å². The van der Waals surface area contributed by atoms with Crippen molar-refractivity contribution in [2.24, 2.45) is 64.6 Å². The minimum atomic E-state index is -0.608. The van der Waals surface area contributed by atoms with Gasteiger partial charge in [0.05, 0.1) is 76.0 Å². The van der Waals surface area contributed by atoms with Gasteiger partial charge in [0.15, 0.2) is 23.1 Å². The Hall–Kier alpha value is -4.88. The fourth-order valence-electron chi connectivity index (χ4n) is 25.7. The molecule has 820 valence electrons. The fourth-order valence-corrected chi connectivity index (χ4v) is 25.7. The summed E-state index contributed by atoms with van der Waals surface area (Å²) in [5.41, 5.74) is -0.0253. The number of likely N-dealkylation sites (tertiary alicyclic amines) is 6. The summed E-state index contributed by atoms with van der Waals surface area (Å²) in [6.07, 6.45) is 21.5. The normalized spacial score (nSPS) is 30.1. The number of hydrogen-bond donors (Lipinski definition) is 4. The van der Waals surface area contributed by atoms with E-state index in [1.165, 1.54) is 58.3 Å². The van der Waals surface area contributed by atoms with Crippen LogP contribution in [0.25, 0.3) is 0 Å². The lowest BCUT2D eigenvalue weighted by molar-refractivity contribution is -0.319. The lowest BCUT2D eigenvalue weighted by Crippen LogP contribution is -2.64. The van der Waals surface area contributed by atoms with Gasteiger partial charge < -0.3 is 118 Å². The first-order chi connectivity index (χ1) is 67.8. The predicted molar refractivity (Wildman–Crippen MR) is 559 cm³/mol. The molecule has 0 bridgehead atoms. The van der Waals surface area contributed by atoms with Crippen molar-refractivity contribution in [1.82, 2.24) is 80.1 Å². The first kappa shape index (κ1) is 117. The molecular weight excluding hydrogens is 1810 g/mol. The van der Waals surface area contributed by atoms with Crippen molar-refractivity contribution in [3.8, 4) is 0 Å². The number of amides is 8. The second-order valence-electron chi connectivity index (χ2n) is 50.4. The molecule has 4 N–H and O–H groups in total. The van der Waals surface area contributed by atoms with E-state index in [1.807, 2.05) is 39.2 Å². The molecule has 143 heavy (non-hydrogen) atoms. The Kier molecular flexibility index (Phi) is 43.2. The van der Waals surface area contributed by atoms with Crippen molar-refractivity contribution < 1.29 is 76.3 Å². The standard InChI is InChI=1S/C29H52N4O4.C28H50N4O4.C27H48N4O4.C27H50N4O4/c1-21(2)15-25-27(34)33(14-10-30-25)26(16-22(3)4)28(35)32-13-9-29(17-23(32)5)36-19-24(20-37-29)18-31-11-7-6-8-12-31;1-18(2)14-22-26(33)32(13-11-29-22)23(15-19(3)4)27(34)31-12-10-28(17-20(31)5)35-24-9-8-21(30(6)7)16-25(24)36-28;1-20(2)15-23-25(32)31(14-9-28-23)24(16-21(3)4)26(33)30-12-7-27(8-13-30)34-18-22(19-35-27)17-29-10-5-6-11-29;1-19(2)13-22-24(32)31(12-10-28-22)23(14-20(3)4)25(33)30-11-9-27(15-21(30)5)34-17-26(6,18-35-27)16-29(7)8/h21-26,30H,6-20H2,1-5H3;18-25,29H,8-17H2,1-7H3;20-24,28H,5-19H2,1-4H3;19-23,28H,9-18H2,1-8H3/t23-,24?,25-,26-,29?;20-,21?,22-,23-,24?,25?,28?;23-,24-;21-,22-,23-,26?,27?/m0000/s1. The third-order valence-electron chi connectivity index (χ3n) is 33.1. The summed E-state index contributed by atoms with van der Waals surface area (Å²) >= 11 is 0. The monoisotopic (exact) mass is 2010 g/mol. The molecule has 14 saturated heterocycles. The van der Waals surface area contributed by atoms with Crippen LogP contribution < -0.4 is 21.3 Å². The number of fused-ring (bicyclic) bond motifs is 1. The maximum atomic E-state index is 14.0. The molecule has 15 fully saturated rings.